The molecule has 2 aliphatic rings. The van der Waals surface area contributed by atoms with Crippen molar-refractivity contribution in [1.29, 1.82) is 0 Å². The molecule has 36 heavy (non-hydrogen) atoms. The summed E-state index contributed by atoms with van der Waals surface area (Å²) < 4.78 is 38.3. The molecule has 2 aliphatic heterocycles. The van der Waals surface area contributed by atoms with Crippen LogP contribution in [0.2, 0.25) is 4.34 Å². The van der Waals surface area contributed by atoms with Crippen LogP contribution in [-0.4, -0.2) is 67.9 Å². The number of ether oxygens (including phenoxy) is 2. The Morgan fingerprint density at radius 1 is 1.14 bits per heavy atom. The quantitative estimate of drug-likeness (QED) is 0.496. The zero-order valence-electron chi connectivity index (χ0n) is 19.7. The number of rotatable bonds is 7. The standard InChI is InChI=1S/C22H26ClN3O7S3/c1-3-32-21(28)18-13-9-11-25(22(29)33-4-2)12-15(13)34-20(18)24-19(27)14-6-5-10-26(14)36(30,31)17-8-7-16(23)35-17/h7-8,14H,3-6,9-12H2,1-2H3,(H,24,27). The monoisotopic (exact) mass is 575 g/mol. The van der Waals surface area contributed by atoms with Crippen LogP contribution in [0.5, 0.6) is 0 Å². The minimum Gasteiger partial charge on any atom is -0.462 e. The molecule has 4 rings (SSSR count). The van der Waals surface area contributed by atoms with Crippen LogP contribution in [-0.2, 0) is 37.3 Å². The molecule has 0 spiro atoms. The summed E-state index contributed by atoms with van der Waals surface area (Å²) in [5, 5.41) is 3.08. The van der Waals surface area contributed by atoms with Crippen molar-refractivity contribution < 1.29 is 32.3 Å². The molecule has 1 atom stereocenters. The minimum atomic E-state index is -3.90. The first kappa shape index (κ1) is 26.9. The maximum atomic E-state index is 13.3. The summed E-state index contributed by atoms with van der Waals surface area (Å²) in [6, 6.07) is 2.00. The number of nitrogens with zero attached hydrogens (tertiary/aromatic N) is 2. The molecule has 0 saturated carbocycles. The zero-order chi connectivity index (χ0) is 26.0. The normalized spacial score (nSPS) is 18.1. The second-order valence-corrected chi connectivity index (χ2v) is 13.1. The Labute approximate surface area is 222 Å². The van der Waals surface area contributed by atoms with E-state index < -0.39 is 34.0 Å². The number of hydrogen-bond acceptors (Lipinski definition) is 9. The van der Waals surface area contributed by atoms with E-state index in [1.807, 2.05) is 0 Å². The van der Waals surface area contributed by atoms with Gasteiger partial charge in [0.2, 0.25) is 5.91 Å². The van der Waals surface area contributed by atoms with Crippen LogP contribution in [0.1, 0.15) is 47.5 Å². The molecule has 196 valence electrons. The fourth-order valence-corrected chi connectivity index (χ4v) is 8.84. The second-order valence-electron chi connectivity index (χ2n) is 8.12. The number of carbonyl (C=O) groups excluding carboxylic acids is 3. The third-order valence-electron chi connectivity index (χ3n) is 5.92. The first-order chi connectivity index (χ1) is 17.2. The van der Waals surface area contributed by atoms with E-state index in [4.69, 9.17) is 21.1 Å². The van der Waals surface area contributed by atoms with E-state index in [0.717, 1.165) is 21.8 Å². The van der Waals surface area contributed by atoms with Gasteiger partial charge in [-0.25, -0.2) is 18.0 Å². The Morgan fingerprint density at radius 2 is 1.89 bits per heavy atom. The summed E-state index contributed by atoms with van der Waals surface area (Å²) in [5.74, 6) is -1.09. The molecule has 0 radical (unpaired) electrons. The number of anilines is 1. The summed E-state index contributed by atoms with van der Waals surface area (Å²) in [5.41, 5.74) is 0.976. The number of esters is 1. The molecule has 0 aliphatic carbocycles. The molecular weight excluding hydrogens is 550 g/mol. The maximum Gasteiger partial charge on any atom is 0.410 e. The molecular formula is C22H26ClN3O7S3. The smallest absolute Gasteiger partial charge is 0.410 e. The van der Waals surface area contributed by atoms with Crippen LogP contribution in [0.15, 0.2) is 16.3 Å². The highest BCUT2D eigenvalue weighted by Gasteiger charge is 2.41. The van der Waals surface area contributed by atoms with Crippen molar-refractivity contribution in [3.05, 3.63) is 32.5 Å². The van der Waals surface area contributed by atoms with E-state index in [-0.39, 0.29) is 41.1 Å². The highest BCUT2D eigenvalue weighted by atomic mass is 35.5. The fourth-order valence-electron chi connectivity index (χ4n) is 4.32. The van der Waals surface area contributed by atoms with E-state index in [1.165, 1.54) is 27.8 Å². The predicted molar refractivity (Wildman–Crippen MR) is 136 cm³/mol. The number of fused-ring (bicyclic) bond motifs is 1. The SMILES string of the molecule is CCOC(=O)c1c(NC(=O)C2CCCN2S(=O)(=O)c2ccc(Cl)s2)sc2c1CCN(C(=O)OCC)C2. The Balaban J connectivity index is 1.60. The van der Waals surface area contributed by atoms with Crippen LogP contribution in [0, 0.1) is 0 Å². The van der Waals surface area contributed by atoms with E-state index >= 15 is 0 Å². The van der Waals surface area contributed by atoms with E-state index in [2.05, 4.69) is 5.32 Å². The van der Waals surface area contributed by atoms with Crippen LogP contribution in [0.4, 0.5) is 9.80 Å². The van der Waals surface area contributed by atoms with Crippen molar-refractivity contribution >= 4 is 67.3 Å². The Morgan fingerprint density at radius 3 is 2.56 bits per heavy atom. The van der Waals surface area contributed by atoms with Crippen LogP contribution < -0.4 is 5.32 Å². The van der Waals surface area contributed by atoms with Crippen molar-refractivity contribution in [3.8, 4) is 0 Å². The van der Waals surface area contributed by atoms with Crippen molar-refractivity contribution in [1.82, 2.24) is 9.21 Å². The van der Waals surface area contributed by atoms with Crippen LogP contribution in [0.25, 0.3) is 0 Å². The van der Waals surface area contributed by atoms with Crippen LogP contribution in [0.3, 0.4) is 0 Å². The molecule has 10 nitrogen and oxygen atoms in total. The number of sulfonamides is 1. The van der Waals surface area contributed by atoms with Gasteiger partial charge in [-0.3, -0.25) is 4.79 Å². The molecule has 14 heteroatoms. The van der Waals surface area contributed by atoms with Gasteiger partial charge >= 0.3 is 12.1 Å². The van der Waals surface area contributed by atoms with Gasteiger partial charge in [-0.2, -0.15) is 4.31 Å². The highest BCUT2D eigenvalue weighted by Crippen LogP contribution is 2.39. The molecule has 0 bridgehead atoms. The molecule has 1 N–H and O–H groups in total. The van der Waals surface area contributed by atoms with Crippen molar-refractivity contribution in [3.63, 3.8) is 0 Å². The van der Waals surface area contributed by atoms with Crippen molar-refractivity contribution in [2.75, 3.05) is 31.6 Å². The predicted octanol–water partition coefficient (Wildman–Crippen LogP) is 3.95. The minimum absolute atomic E-state index is 0.0741. The van der Waals surface area contributed by atoms with Crippen molar-refractivity contribution in [2.24, 2.45) is 0 Å². The molecule has 0 aromatic carbocycles. The third kappa shape index (κ3) is 5.25. The van der Waals surface area contributed by atoms with Gasteiger partial charge in [-0.05, 0) is 50.8 Å². The topological polar surface area (TPSA) is 122 Å². The van der Waals surface area contributed by atoms with Gasteiger partial charge in [-0.1, -0.05) is 11.6 Å². The van der Waals surface area contributed by atoms with E-state index in [9.17, 15) is 22.8 Å². The van der Waals surface area contributed by atoms with E-state index in [0.29, 0.717) is 30.1 Å². The Hall–Kier alpha value is -2.19. The summed E-state index contributed by atoms with van der Waals surface area (Å²) in [6.07, 6.45) is 0.829. The fraction of sp³-hybridized carbons (Fsp3) is 0.500. The Kier molecular flexibility index (Phi) is 8.25. The van der Waals surface area contributed by atoms with Gasteiger partial charge < -0.3 is 19.7 Å². The molecule has 4 heterocycles. The number of thiophene rings is 2. The molecule has 1 saturated heterocycles. The van der Waals surface area contributed by atoms with Gasteiger partial charge in [0.05, 0.1) is 29.7 Å². The molecule has 2 aromatic rings. The lowest BCUT2D eigenvalue weighted by Gasteiger charge is -2.26. The average Bonchev–Trinajstić information content (AvgIpc) is 3.57. The summed E-state index contributed by atoms with van der Waals surface area (Å²) >= 11 is 8.05. The van der Waals surface area contributed by atoms with Crippen LogP contribution >= 0.6 is 34.3 Å². The number of amides is 2. The second kappa shape index (κ2) is 11.1. The van der Waals surface area contributed by atoms with Gasteiger partial charge in [-0.15, -0.1) is 22.7 Å². The van der Waals surface area contributed by atoms with Crippen molar-refractivity contribution in [2.45, 2.75) is 49.9 Å². The largest absolute Gasteiger partial charge is 0.462 e. The molecule has 2 aromatic heterocycles. The Bertz CT molecular complexity index is 1270. The molecule has 1 unspecified atom stereocenters. The lowest BCUT2D eigenvalue weighted by atomic mass is 10.0. The number of hydrogen-bond donors (Lipinski definition) is 1. The average molecular weight is 576 g/mol. The number of halogens is 1. The summed E-state index contributed by atoms with van der Waals surface area (Å²) in [4.78, 5) is 40.7. The molecule has 2 amide bonds. The lowest BCUT2D eigenvalue weighted by Crippen LogP contribution is -2.42. The number of carbonyl (C=O) groups is 3. The van der Waals surface area contributed by atoms with Gasteiger partial charge in [0.1, 0.15) is 15.3 Å². The van der Waals surface area contributed by atoms with Gasteiger partial charge in [0, 0.05) is 18.0 Å². The summed E-state index contributed by atoms with van der Waals surface area (Å²) in [6.45, 7) is 4.63. The zero-order valence-corrected chi connectivity index (χ0v) is 22.9. The summed E-state index contributed by atoms with van der Waals surface area (Å²) in [7, 11) is -3.90. The first-order valence-corrected chi connectivity index (χ1v) is 14.9. The number of nitrogens with one attached hydrogen (secondary N) is 1. The first-order valence-electron chi connectivity index (χ1n) is 11.5. The lowest BCUT2D eigenvalue weighted by molar-refractivity contribution is -0.119. The highest BCUT2D eigenvalue weighted by molar-refractivity contribution is 7.91. The third-order valence-corrected chi connectivity index (χ3v) is 10.7. The van der Waals surface area contributed by atoms with Gasteiger partial charge in [0.25, 0.3) is 10.0 Å². The maximum absolute atomic E-state index is 13.3. The van der Waals surface area contributed by atoms with Gasteiger partial charge in [0.15, 0.2) is 0 Å². The molecule has 1 fully saturated rings. The van der Waals surface area contributed by atoms with E-state index in [1.54, 1.807) is 18.7 Å².